The minimum absolute atomic E-state index is 0.174. The molecule has 0 radical (unpaired) electrons. The Morgan fingerprint density at radius 2 is 2.12 bits per heavy atom. The standard InChI is InChI=1S/C12H10ClN3S/c13-11(10-4-2-1-3-5-10)12(17-8-14)16-7-6-15-9-16/h1-7,9,11-12H. The van der Waals surface area contributed by atoms with Crippen molar-refractivity contribution in [2.45, 2.75) is 10.8 Å². The van der Waals surface area contributed by atoms with Gasteiger partial charge in [0.05, 0.1) is 11.7 Å². The predicted molar refractivity (Wildman–Crippen MR) is 69.5 cm³/mol. The Hall–Kier alpha value is -1.44. The number of nitriles is 1. The molecule has 3 nitrogen and oxygen atoms in total. The summed E-state index contributed by atoms with van der Waals surface area (Å²) in [6, 6.07) is 9.73. The second-order valence-electron chi connectivity index (χ2n) is 3.42. The molecule has 2 aromatic rings. The van der Waals surface area contributed by atoms with Gasteiger partial charge in [-0.15, -0.1) is 11.6 Å². The second kappa shape index (κ2) is 5.76. The van der Waals surface area contributed by atoms with Gasteiger partial charge in [-0.25, -0.2) is 4.98 Å². The van der Waals surface area contributed by atoms with Crippen molar-refractivity contribution in [3.8, 4) is 5.40 Å². The number of halogens is 1. The summed E-state index contributed by atoms with van der Waals surface area (Å²) in [6.07, 6.45) is 5.17. The van der Waals surface area contributed by atoms with Crippen molar-refractivity contribution in [3.05, 3.63) is 54.6 Å². The van der Waals surface area contributed by atoms with Gasteiger partial charge in [0, 0.05) is 12.4 Å². The van der Waals surface area contributed by atoms with Crippen LogP contribution >= 0.6 is 23.4 Å². The lowest BCUT2D eigenvalue weighted by molar-refractivity contribution is 0.658. The van der Waals surface area contributed by atoms with Crippen LogP contribution in [0.25, 0.3) is 0 Å². The van der Waals surface area contributed by atoms with Crippen molar-refractivity contribution in [1.29, 1.82) is 5.26 Å². The molecule has 0 fully saturated rings. The van der Waals surface area contributed by atoms with Gasteiger partial charge in [-0.1, -0.05) is 30.3 Å². The molecule has 5 heteroatoms. The molecule has 1 aromatic carbocycles. The summed E-state index contributed by atoms with van der Waals surface area (Å²) in [5.74, 6) is 0. The largest absolute Gasteiger partial charge is 0.322 e. The first-order valence-corrected chi connectivity index (χ1v) is 6.35. The number of thiocyanates is 1. The van der Waals surface area contributed by atoms with E-state index < -0.39 is 0 Å². The maximum atomic E-state index is 8.85. The molecular formula is C12H10ClN3S. The third kappa shape index (κ3) is 2.82. The number of nitrogens with zero attached hydrogens (tertiary/aromatic N) is 3. The molecule has 0 amide bonds. The fourth-order valence-electron chi connectivity index (χ4n) is 1.55. The molecular weight excluding hydrogens is 254 g/mol. The summed E-state index contributed by atoms with van der Waals surface area (Å²) in [6.45, 7) is 0. The van der Waals surface area contributed by atoms with Crippen LogP contribution in [-0.2, 0) is 0 Å². The quantitative estimate of drug-likeness (QED) is 0.625. The van der Waals surface area contributed by atoms with Gasteiger partial charge in [0.25, 0.3) is 0 Å². The summed E-state index contributed by atoms with van der Waals surface area (Å²) < 4.78 is 1.85. The summed E-state index contributed by atoms with van der Waals surface area (Å²) in [5, 5.41) is 10.5. The lowest BCUT2D eigenvalue weighted by Gasteiger charge is -2.20. The highest BCUT2D eigenvalue weighted by molar-refractivity contribution is 8.03. The van der Waals surface area contributed by atoms with Crippen LogP contribution in [0.5, 0.6) is 0 Å². The Labute approximate surface area is 109 Å². The predicted octanol–water partition coefficient (Wildman–Crippen LogP) is 3.58. The number of hydrogen-bond acceptors (Lipinski definition) is 3. The van der Waals surface area contributed by atoms with Gasteiger partial charge in [-0.2, -0.15) is 5.26 Å². The van der Waals surface area contributed by atoms with Crippen LogP contribution in [0.3, 0.4) is 0 Å². The van der Waals surface area contributed by atoms with E-state index in [1.54, 1.807) is 12.5 Å². The maximum absolute atomic E-state index is 8.85. The molecule has 17 heavy (non-hydrogen) atoms. The molecule has 0 aliphatic carbocycles. The topological polar surface area (TPSA) is 41.6 Å². The number of thioether (sulfide) groups is 1. The first kappa shape index (κ1) is 12.0. The third-order valence-corrected chi connectivity index (χ3v) is 3.86. The Bertz CT molecular complexity index is 492. The lowest BCUT2D eigenvalue weighted by Crippen LogP contribution is -2.09. The highest BCUT2D eigenvalue weighted by Crippen LogP contribution is 2.39. The van der Waals surface area contributed by atoms with Gasteiger partial charge in [0.1, 0.15) is 10.8 Å². The number of hydrogen-bond donors (Lipinski definition) is 0. The van der Waals surface area contributed by atoms with E-state index in [1.165, 1.54) is 0 Å². The zero-order valence-electron chi connectivity index (χ0n) is 8.90. The molecule has 0 saturated carbocycles. The molecule has 0 saturated heterocycles. The average molecular weight is 264 g/mol. The van der Waals surface area contributed by atoms with E-state index in [-0.39, 0.29) is 10.8 Å². The molecule has 1 heterocycles. The molecule has 2 rings (SSSR count). The van der Waals surface area contributed by atoms with Gasteiger partial charge < -0.3 is 4.57 Å². The fraction of sp³-hybridized carbons (Fsp3) is 0.167. The summed E-state index contributed by atoms with van der Waals surface area (Å²) >= 11 is 7.56. The molecule has 0 spiro atoms. The molecule has 1 aromatic heterocycles. The minimum atomic E-state index is -0.268. The average Bonchev–Trinajstić information content (AvgIpc) is 2.90. The molecule has 2 unspecified atom stereocenters. The number of rotatable bonds is 4. The third-order valence-electron chi connectivity index (χ3n) is 2.36. The summed E-state index contributed by atoms with van der Waals surface area (Å²) in [5.41, 5.74) is 0.996. The van der Waals surface area contributed by atoms with Crippen molar-refractivity contribution in [2.24, 2.45) is 0 Å². The van der Waals surface area contributed by atoms with Crippen LogP contribution in [-0.4, -0.2) is 9.55 Å². The first-order valence-electron chi connectivity index (χ1n) is 5.04. The number of alkyl halides is 1. The van der Waals surface area contributed by atoms with E-state index in [4.69, 9.17) is 16.9 Å². The molecule has 0 aliphatic heterocycles. The van der Waals surface area contributed by atoms with Gasteiger partial charge >= 0.3 is 0 Å². The van der Waals surface area contributed by atoms with Crippen molar-refractivity contribution in [2.75, 3.05) is 0 Å². The smallest absolute Gasteiger partial charge is 0.135 e. The maximum Gasteiger partial charge on any atom is 0.135 e. The molecule has 0 N–H and O–H groups in total. The molecule has 0 bridgehead atoms. The van der Waals surface area contributed by atoms with E-state index >= 15 is 0 Å². The SMILES string of the molecule is N#CSC(C(Cl)c1ccccc1)n1ccnc1. The van der Waals surface area contributed by atoms with E-state index in [1.807, 2.05) is 41.1 Å². The molecule has 0 aliphatic rings. The van der Waals surface area contributed by atoms with Gasteiger partial charge in [0.15, 0.2) is 0 Å². The fourth-order valence-corrected chi connectivity index (χ4v) is 2.61. The van der Waals surface area contributed by atoms with E-state index in [0.29, 0.717) is 0 Å². The summed E-state index contributed by atoms with van der Waals surface area (Å²) in [7, 11) is 0. The van der Waals surface area contributed by atoms with Gasteiger partial charge in [0.2, 0.25) is 0 Å². The van der Waals surface area contributed by atoms with E-state index in [9.17, 15) is 0 Å². The summed E-state index contributed by atoms with van der Waals surface area (Å²) in [4.78, 5) is 3.98. The van der Waals surface area contributed by atoms with Crippen LogP contribution in [0.4, 0.5) is 0 Å². The Balaban J connectivity index is 2.26. The molecule has 2 atom stereocenters. The van der Waals surface area contributed by atoms with Crippen LogP contribution in [0.15, 0.2) is 49.1 Å². The number of aromatic nitrogens is 2. The first-order chi connectivity index (χ1) is 8.33. The van der Waals surface area contributed by atoms with Gasteiger partial charge in [-0.3, -0.25) is 0 Å². The zero-order chi connectivity index (χ0) is 12.1. The van der Waals surface area contributed by atoms with Crippen LogP contribution in [0.2, 0.25) is 0 Å². The second-order valence-corrected chi connectivity index (χ2v) is 4.79. The monoisotopic (exact) mass is 263 g/mol. The Kier molecular flexibility index (Phi) is 4.08. The van der Waals surface area contributed by atoms with Crippen molar-refractivity contribution >= 4 is 23.4 Å². The Morgan fingerprint density at radius 1 is 1.35 bits per heavy atom. The normalized spacial score (nSPS) is 13.9. The zero-order valence-corrected chi connectivity index (χ0v) is 10.5. The van der Waals surface area contributed by atoms with E-state index in [0.717, 1.165) is 17.3 Å². The number of benzene rings is 1. The van der Waals surface area contributed by atoms with Crippen molar-refractivity contribution in [3.63, 3.8) is 0 Å². The van der Waals surface area contributed by atoms with Crippen molar-refractivity contribution < 1.29 is 0 Å². The van der Waals surface area contributed by atoms with Crippen LogP contribution in [0, 0.1) is 10.7 Å². The van der Waals surface area contributed by atoms with E-state index in [2.05, 4.69) is 10.4 Å². The van der Waals surface area contributed by atoms with Crippen LogP contribution < -0.4 is 0 Å². The number of imidazole rings is 1. The highest BCUT2D eigenvalue weighted by Gasteiger charge is 2.23. The highest BCUT2D eigenvalue weighted by atomic mass is 35.5. The minimum Gasteiger partial charge on any atom is -0.322 e. The lowest BCUT2D eigenvalue weighted by atomic mass is 10.1. The Morgan fingerprint density at radius 3 is 2.71 bits per heavy atom. The molecule has 86 valence electrons. The van der Waals surface area contributed by atoms with Crippen LogP contribution in [0.1, 0.15) is 16.3 Å². The van der Waals surface area contributed by atoms with Gasteiger partial charge in [-0.05, 0) is 17.3 Å². The van der Waals surface area contributed by atoms with Crippen molar-refractivity contribution in [1.82, 2.24) is 9.55 Å².